The van der Waals surface area contributed by atoms with Crippen molar-refractivity contribution in [2.45, 2.75) is 13.8 Å². The van der Waals surface area contributed by atoms with E-state index in [0.29, 0.717) is 11.1 Å². The van der Waals surface area contributed by atoms with Crippen LogP contribution >= 0.6 is 0 Å². The lowest BCUT2D eigenvalue weighted by molar-refractivity contribution is -0.384. The zero-order valence-corrected chi connectivity index (χ0v) is 13.8. The average molecular weight is 321 g/mol. The number of nitriles is 1. The Morgan fingerprint density at radius 3 is 2.33 bits per heavy atom. The predicted octanol–water partition coefficient (Wildman–Crippen LogP) is 4.48. The first-order chi connectivity index (χ1) is 11.6. The number of non-ortho nitro benzene ring substituents is 1. The van der Waals surface area contributed by atoms with Gasteiger partial charge < -0.3 is 4.90 Å². The molecule has 0 spiro atoms. The molecule has 122 valence electrons. The summed E-state index contributed by atoms with van der Waals surface area (Å²) >= 11 is 0. The lowest BCUT2D eigenvalue weighted by atomic mass is 10.1. The molecule has 0 bridgehead atoms. The molecule has 0 unspecified atom stereocenters. The monoisotopic (exact) mass is 321 g/mol. The summed E-state index contributed by atoms with van der Waals surface area (Å²) < 4.78 is 0. The van der Waals surface area contributed by atoms with Crippen molar-refractivity contribution in [2.75, 3.05) is 18.0 Å². The molecule has 0 atom stereocenters. The van der Waals surface area contributed by atoms with Gasteiger partial charge in [-0.2, -0.15) is 5.26 Å². The molecule has 2 aromatic carbocycles. The third-order valence-corrected chi connectivity index (χ3v) is 3.85. The fraction of sp³-hybridized carbons (Fsp3) is 0.211. The van der Waals surface area contributed by atoms with E-state index in [1.807, 2.05) is 24.3 Å². The summed E-state index contributed by atoms with van der Waals surface area (Å²) in [4.78, 5) is 12.5. The largest absolute Gasteiger partial charge is 0.372 e. The molecule has 0 aliphatic heterocycles. The summed E-state index contributed by atoms with van der Waals surface area (Å²) in [5.41, 5.74) is 3.06. The Morgan fingerprint density at radius 2 is 1.79 bits per heavy atom. The zero-order chi connectivity index (χ0) is 17.5. The zero-order valence-electron chi connectivity index (χ0n) is 13.8. The number of anilines is 1. The smallest absolute Gasteiger partial charge is 0.270 e. The van der Waals surface area contributed by atoms with Crippen molar-refractivity contribution in [3.63, 3.8) is 0 Å². The van der Waals surface area contributed by atoms with Crippen molar-refractivity contribution in [2.24, 2.45) is 0 Å². The SMILES string of the molecule is CCN(CC)c1ccc(/C=C/c2ccc([N+](=O)[O-])cc2C#N)cc1. The van der Waals surface area contributed by atoms with Crippen molar-refractivity contribution < 1.29 is 4.92 Å². The molecule has 0 amide bonds. The van der Waals surface area contributed by atoms with Crippen molar-refractivity contribution in [3.05, 3.63) is 69.3 Å². The number of benzene rings is 2. The number of nitrogens with zero attached hydrogens (tertiary/aromatic N) is 3. The van der Waals surface area contributed by atoms with Crippen LogP contribution < -0.4 is 4.90 Å². The lowest BCUT2D eigenvalue weighted by Gasteiger charge is -2.20. The van der Waals surface area contributed by atoms with Gasteiger partial charge in [0.2, 0.25) is 0 Å². The van der Waals surface area contributed by atoms with E-state index in [4.69, 9.17) is 5.26 Å². The molecule has 0 aliphatic carbocycles. The molecule has 24 heavy (non-hydrogen) atoms. The molecule has 2 rings (SSSR count). The highest BCUT2D eigenvalue weighted by Gasteiger charge is 2.08. The van der Waals surface area contributed by atoms with Gasteiger partial charge in [0, 0.05) is 30.9 Å². The van der Waals surface area contributed by atoms with E-state index in [1.54, 1.807) is 12.1 Å². The van der Waals surface area contributed by atoms with E-state index in [-0.39, 0.29) is 5.69 Å². The minimum absolute atomic E-state index is 0.0766. The lowest BCUT2D eigenvalue weighted by Crippen LogP contribution is -2.21. The maximum absolute atomic E-state index is 10.8. The highest BCUT2D eigenvalue weighted by atomic mass is 16.6. The predicted molar refractivity (Wildman–Crippen MR) is 96.7 cm³/mol. The number of hydrogen-bond donors (Lipinski definition) is 0. The van der Waals surface area contributed by atoms with Crippen LogP contribution in [0.25, 0.3) is 12.2 Å². The van der Waals surface area contributed by atoms with Gasteiger partial charge in [-0.3, -0.25) is 10.1 Å². The molecular weight excluding hydrogens is 302 g/mol. The molecule has 0 fully saturated rings. The van der Waals surface area contributed by atoms with Crippen LogP contribution in [-0.4, -0.2) is 18.0 Å². The van der Waals surface area contributed by atoms with Gasteiger partial charge in [-0.25, -0.2) is 0 Å². The average Bonchev–Trinajstić information content (AvgIpc) is 2.61. The third kappa shape index (κ3) is 3.99. The van der Waals surface area contributed by atoms with E-state index < -0.39 is 4.92 Å². The fourth-order valence-electron chi connectivity index (χ4n) is 2.47. The summed E-state index contributed by atoms with van der Waals surface area (Å²) in [5, 5.41) is 19.9. The van der Waals surface area contributed by atoms with E-state index in [9.17, 15) is 10.1 Å². The van der Waals surface area contributed by atoms with Gasteiger partial charge in [0.15, 0.2) is 0 Å². The van der Waals surface area contributed by atoms with E-state index in [0.717, 1.165) is 18.7 Å². The Kier molecular flexibility index (Phi) is 5.69. The molecule has 5 heteroatoms. The Bertz CT molecular complexity index is 785. The van der Waals surface area contributed by atoms with Gasteiger partial charge in [0.25, 0.3) is 5.69 Å². The third-order valence-electron chi connectivity index (χ3n) is 3.85. The molecule has 2 aromatic rings. The molecular formula is C19H19N3O2. The molecule has 0 aliphatic rings. The van der Waals surface area contributed by atoms with Gasteiger partial charge in [0.05, 0.1) is 10.5 Å². The maximum atomic E-state index is 10.8. The Hall–Kier alpha value is -3.13. The second-order valence-corrected chi connectivity index (χ2v) is 5.24. The molecule has 0 radical (unpaired) electrons. The van der Waals surface area contributed by atoms with Crippen molar-refractivity contribution in [3.8, 4) is 6.07 Å². The summed E-state index contributed by atoms with van der Waals surface area (Å²) in [7, 11) is 0. The number of rotatable bonds is 6. The molecule has 0 saturated heterocycles. The molecule has 0 saturated carbocycles. The fourth-order valence-corrected chi connectivity index (χ4v) is 2.47. The second-order valence-electron chi connectivity index (χ2n) is 5.24. The van der Waals surface area contributed by atoms with Gasteiger partial charge in [0.1, 0.15) is 6.07 Å². The summed E-state index contributed by atoms with van der Waals surface area (Å²) in [6.07, 6.45) is 3.70. The molecule has 0 aromatic heterocycles. The normalized spacial score (nSPS) is 10.5. The maximum Gasteiger partial charge on any atom is 0.270 e. The second kappa shape index (κ2) is 7.93. The molecule has 5 nitrogen and oxygen atoms in total. The van der Waals surface area contributed by atoms with Crippen molar-refractivity contribution in [1.29, 1.82) is 5.26 Å². The highest BCUT2D eigenvalue weighted by Crippen LogP contribution is 2.20. The standard InChI is InChI=1S/C19H19N3O2/c1-3-21(4-2)18-10-6-15(7-11-18)5-8-16-9-12-19(22(23)24)13-17(16)14-20/h5-13H,3-4H2,1-2H3/b8-5+. The molecule has 0 N–H and O–H groups in total. The topological polar surface area (TPSA) is 70.2 Å². The summed E-state index contributed by atoms with van der Waals surface area (Å²) in [5.74, 6) is 0. The van der Waals surface area contributed by atoms with Crippen molar-refractivity contribution in [1.82, 2.24) is 0 Å². The summed E-state index contributed by atoms with van der Waals surface area (Å²) in [6.45, 7) is 6.16. The van der Waals surface area contributed by atoms with Gasteiger partial charge in [-0.05, 0) is 43.2 Å². The quantitative estimate of drug-likeness (QED) is 0.447. The van der Waals surface area contributed by atoms with Gasteiger partial charge >= 0.3 is 0 Å². The Morgan fingerprint density at radius 1 is 1.12 bits per heavy atom. The Balaban J connectivity index is 2.22. The van der Waals surface area contributed by atoms with Crippen LogP contribution in [0, 0.1) is 21.4 Å². The van der Waals surface area contributed by atoms with Crippen LogP contribution in [0.1, 0.15) is 30.5 Å². The van der Waals surface area contributed by atoms with Crippen LogP contribution in [0.3, 0.4) is 0 Å². The first kappa shape index (κ1) is 17.2. The minimum atomic E-state index is -0.500. The highest BCUT2D eigenvalue weighted by molar-refractivity contribution is 5.74. The first-order valence-electron chi connectivity index (χ1n) is 7.80. The van der Waals surface area contributed by atoms with Crippen LogP contribution in [0.2, 0.25) is 0 Å². The Labute approximate surface area is 141 Å². The number of hydrogen-bond acceptors (Lipinski definition) is 4. The van der Waals surface area contributed by atoms with Crippen LogP contribution in [0.5, 0.6) is 0 Å². The van der Waals surface area contributed by atoms with Crippen LogP contribution in [0.4, 0.5) is 11.4 Å². The minimum Gasteiger partial charge on any atom is -0.372 e. The van der Waals surface area contributed by atoms with E-state index in [2.05, 4.69) is 30.9 Å². The van der Waals surface area contributed by atoms with Crippen molar-refractivity contribution >= 4 is 23.5 Å². The van der Waals surface area contributed by atoms with E-state index >= 15 is 0 Å². The first-order valence-corrected chi connectivity index (χ1v) is 7.80. The van der Waals surface area contributed by atoms with Crippen LogP contribution in [0.15, 0.2) is 42.5 Å². The molecule has 0 heterocycles. The summed E-state index contributed by atoms with van der Waals surface area (Å²) in [6, 6.07) is 14.5. The van der Waals surface area contributed by atoms with E-state index in [1.165, 1.54) is 17.8 Å². The number of nitro groups is 1. The van der Waals surface area contributed by atoms with Gasteiger partial charge in [-0.1, -0.05) is 24.3 Å². The van der Waals surface area contributed by atoms with Gasteiger partial charge in [-0.15, -0.1) is 0 Å². The van der Waals surface area contributed by atoms with Crippen LogP contribution in [-0.2, 0) is 0 Å². The number of nitro benzene ring substituents is 1.